The zero-order chi connectivity index (χ0) is 52.5. The van der Waals surface area contributed by atoms with Crippen LogP contribution in [0.25, 0.3) is 0 Å². The fraction of sp³-hybridized carbons (Fsp3) is 0.924. The zero-order valence-electron chi connectivity index (χ0n) is 46.6. The van der Waals surface area contributed by atoms with Crippen molar-refractivity contribution < 1.29 is 57.9 Å². The summed E-state index contributed by atoms with van der Waals surface area (Å²) in [7, 11) is 0. The van der Waals surface area contributed by atoms with Crippen molar-refractivity contribution >= 4 is 29.8 Å². The molecule has 9 saturated carbocycles. The second-order valence-electron chi connectivity index (χ2n) is 26.7. The number of hydrogen-bond donors (Lipinski definition) is 2. The molecular formula is C66H130O12. The third kappa shape index (κ3) is 18.1. The second-order valence-corrected chi connectivity index (χ2v) is 26.7. The van der Waals surface area contributed by atoms with Crippen LogP contribution in [0.1, 0.15) is 298 Å². The first-order chi connectivity index (χ1) is 32.3. The van der Waals surface area contributed by atoms with Gasteiger partial charge in [-0.05, 0) is 200 Å². The van der Waals surface area contributed by atoms with Crippen molar-refractivity contribution in [2.75, 3.05) is 6.61 Å². The Morgan fingerprint density at radius 3 is 1.28 bits per heavy atom. The predicted octanol–water partition coefficient (Wildman–Crippen LogP) is 17.0. The molecule has 0 aromatic rings. The van der Waals surface area contributed by atoms with Gasteiger partial charge in [-0.25, -0.2) is 4.79 Å². The molecule has 10 fully saturated rings. The topological polar surface area (TPSA) is 172 Å². The van der Waals surface area contributed by atoms with Crippen LogP contribution in [-0.4, -0.2) is 80.8 Å². The first kappa shape index (κ1) is 81.7. The highest BCUT2D eigenvalue weighted by atomic mass is 16.6. The first-order valence-electron chi connectivity index (χ1n) is 27.8. The van der Waals surface area contributed by atoms with Crippen LogP contribution >= 0.6 is 0 Å². The molecular weight excluding hydrogens is 985 g/mol. The Bertz CT molecular complexity index is 1810. The van der Waals surface area contributed by atoms with Crippen LogP contribution in [-0.2, 0) is 47.7 Å². The molecule has 0 aromatic carbocycles. The van der Waals surface area contributed by atoms with Crippen LogP contribution in [0.4, 0.5) is 0 Å². The molecule has 0 radical (unpaired) electrons. The van der Waals surface area contributed by atoms with Crippen LogP contribution in [0.3, 0.4) is 0 Å². The highest BCUT2D eigenvalue weighted by Gasteiger charge is 2.65. The number of aliphatic hydroxyl groups is 2. The van der Waals surface area contributed by atoms with Gasteiger partial charge in [-0.3, -0.25) is 19.2 Å². The number of carbonyl (C=O) groups excluding carboxylic acids is 5. The highest BCUT2D eigenvalue weighted by Crippen LogP contribution is 2.63. The van der Waals surface area contributed by atoms with E-state index in [1.165, 1.54) is 44.9 Å². The highest BCUT2D eigenvalue weighted by molar-refractivity contribution is 5.83. The smallest absolute Gasteiger partial charge is 0.347 e. The zero-order valence-corrected chi connectivity index (χ0v) is 46.6. The van der Waals surface area contributed by atoms with E-state index in [4.69, 9.17) is 23.7 Å². The average molecular weight is 1120 g/mol. The van der Waals surface area contributed by atoms with Gasteiger partial charge in [0.25, 0.3) is 0 Å². The Labute approximate surface area is 481 Å². The Hall–Kier alpha value is -2.73. The van der Waals surface area contributed by atoms with Gasteiger partial charge in [0.05, 0.1) is 39.5 Å². The third-order valence-electron chi connectivity index (χ3n) is 19.2. The van der Waals surface area contributed by atoms with E-state index in [1.807, 2.05) is 62.3 Å². The molecule has 3 unspecified atom stereocenters. The fourth-order valence-corrected chi connectivity index (χ4v) is 13.5. The summed E-state index contributed by atoms with van der Waals surface area (Å²) in [6.45, 7) is 30.4. The van der Waals surface area contributed by atoms with Crippen LogP contribution < -0.4 is 0 Å². The lowest BCUT2D eigenvalue weighted by Gasteiger charge is -2.62. The third-order valence-corrected chi connectivity index (χ3v) is 19.2. The molecule has 0 spiro atoms. The molecule has 10 rings (SSSR count). The van der Waals surface area contributed by atoms with Crippen molar-refractivity contribution in [1.29, 1.82) is 0 Å². The molecule has 10 aliphatic rings. The largest absolute Gasteiger partial charge is 0.463 e. The lowest BCUT2D eigenvalue weighted by atomic mass is 9.47. The maximum absolute atomic E-state index is 12.8. The molecule has 0 aromatic heterocycles. The monoisotopic (exact) mass is 1110 g/mol. The summed E-state index contributed by atoms with van der Waals surface area (Å²) in [5, 5.41) is 21.3. The van der Waals surface area contributed by atoms with Crippen molar-refractivity contribution in [1.82, 2.24) is 0 Å². The maximum atomic E-state index is 12.8. The van der Waals surface area contributed by atoms with E-state index >= 15 is 0 Å². The minimum atomic E-state index is -0.842. The number of ether oxygens (including phenoxy) is 5. The molecule has 1 aliphatic heterocycles. The minimum Gasteiger partial charge on any atom is -0.463 e. The SMILES string of the molecule is C.C.C.C.C.C.C.C.CCC(C)(C)C(=O)OC1(C(C)C)C2CC3CC(C2)CC1C3.CCC(C)(C)C(=O)OC12CC3CC(O)(CC(O)(C3)C1)C2.CCC(C)(C)C(=O)OC1CCOC1=O.CCC1(OC(=O)C(C)(C)CC)CCCC1. The minimum absolute atomic E-state index is 0. The van der Waals surface area contributed by atoms with Gasteiger partial charge in [-0.1, -0.05) is 108 Å². The summed E-state index contributed by atoms with van der Waals surface area (Å²) in [5.74, 6) is 2.83. The van der Waals surface area contributed by atoms with E-state index in [0.29, 0.717) is 56.5 Å². The summed E-state index contributed by atoms with van der Waals surface area (Å²) in [6.07, 6.45) is 18.7. The van der Waals surface area contributed by atoms with E-state index < -0.39 is 39.7 Å². The van der Waals surface area contributed by atoms with Crippen LogP contribution in [0.2, 0.25) is 0 Å². The number of carbonyl (C=O) groups is 5. The molecule has 8 bridgehead atoms. The summed E-state index contributed by atoms with van der Waals surface area (Å²) in [4.78, 5) is 59.8. The number of hydrogen-bond acceptors (Lipinski definition) is 12. The van der Waals surface area contributed by atoms with Crippen molar-refractivity contribution in [3.8, 4) is 0 Å². The summed E-state index contributed by atoms with van der Waals surface area (Å²) in [5.41, 5.74) is -4.35. The van der Waals surface area contributed by atoms with Crippen LogP contribution in [0, 0.1) is 57.2 Å². The number of cyclic esters (lactones) is 1. The van der Waals surface area contributed by atoms with Crippen molar-refractivity contribution in [3.05, 3.63) is 0 Å². The molecule has 9 aliphatic carbocycles. The summed E-state index contributed by atoms with van der Waals surface area (Å²) in [6, 6.07) is 0. The van der Waals surface area contributed by atoms with Gasteiger partial charge >= 0.3 is 29.8 Å². The Balaban J connectivity index is -0.000000459. The van der Waals surface area contributed by atoms with Gasteiger partial charge in [-0.2, -0.15) is 0 Å². The van der Waals surface area contributed by atoms with Gasteiger partial charge in [0.1, 0.15) is 16.8 Å². The van der Waals surface area contributed by atoms with Crippen molar-refractivity contribution in [2.45, 2.75) is 332 Å². The lowest BCUT2D eigenvalue weighted by molar-refractivity contribution is -0.264. The molecule has 1 heterocycles. The molecule has 466 valence electrons. The van der Waals surface area contributed by atoms with Gasteiger partial charge in [-0.15, -0.1) is 0 Å². The summed E-state index contributed by atoms with van der Waals surface area (Å²) < 4.78 is 27.8. The van der Waals surface area contributed by atoms with Gasteiger partial charge in [0.15, 0.2) is 0 Å². The number of rotatable bonds is 14. The van der Waals surface area contributed by atoms with E-state index in [-0.39, 0.29) is 111 Å². The first-order valence-corrected chi connectivity index (χ1v) is 27.8. The molecule has 2 N–H and O–H groups in total. The number of esters is 5. The molecule has 1 saturated heterocycles. The van der Waals surface area contributed by atoms with E-state index in [2.05, 4.69) is 27.7 Å². The normalized spacial score (nSPS) is 31.0. The quantitative estimate of drug-likeness (QED) is 0.125. The molecule has 78 heavy (non-hydrogen) atoms. The molecule has 0 amide bonds. The Morgan fingerprint density at radius 2 is 0.936 bits per heavy atom. The van der Waals surface area contributed by atoms with Gasteiger partial charge in [0.2, 0.25) is 6.10 Å². The van der Waals surface area contributed by atoms with E-state index in [0.717, 1.165) is 69.6 Å². The van der Waals surface area contributed by atoms with E-state index in [9.17, 15) is 34.2 Å². The fourth-order valence-electron chi connectivity index (χ4n) is 13.5. The molecule has 12 nitrogen and oxygen atoms in total. The summed E-state index contributed by atoms with van der Waals surface area (Å²) >= 11 is 0. The predicted molar refractivity (Wildman–Crippen MR) is 324 cm³/mol. The van der Waals surface area contributed by atoms with Gasteiger partial charge in [0, 0.05) is 25.7 Å². The maximum Gasteiger partial charge on any atom is 0.347 e. The second kappa shape index (κ2) is 30.5. The average Bonchev–Trinajstić information content (AvgIpc) is 3.92. The molecule has 3 atom stereocenters. The van der Waals surface area contributed by atoms with E-state index in [1.54, 1.807) is 13.8 Å². The molecule has 12 heteroatoms. The van der Waals surface area contributed by atoms with Crippen LogP contribution in [0.15, 0.2) is 0 Å². The standard InChI is InChI=1S/C19H32O2.C16H26O4.C13H24O2.C10H16O4.8CH4/c1-6-18(4,5)17(20)21-19(12(2)3)15-8-13-7-14(10-15)11-16(19)9-13;1-4-13(2,3)12(17)20-16-7-11-5-14(18,9-16)8-15(19,6-11)10-16;1-5-12(3,4)11(14)15-13(6-2)9-7-8-10-13;1-4-10(2,3)9(12)14-7-5-6-13-8(7)11;;;;;;;;/h12-16H,6-11H2,1-5H3;11,18-19H,4-10H2,1-3H3;5-10H2,1-4H3;7H,4-6H2,1-3H3;8*1H4. The Kier molecular flexibility index (Phi) is 32.0. The van der Waals surface area contributed by atoms with Crippen LogP contribution in [0.5, 0.6) is 0 Å². The van der Waals surface area contributed by atoms with Gasteiger partial charge < -0.3 is 33.9 Å². The Morgan fingerprint density at radius 1 is 0.551 bits per heavy atom. The van der Waals surface area contributed by atoms with Crippen molar-refractivity contribution in [3.63, 3.8) is 0 Å². The lowest BCUT2D eigenvalue weighted by Crippen LogP contribution is -2.67. The van der Waals surface area contributed by atoms with Crippen molar-refractivity contribution in [2.24, 2.45) is 57.2 Å².